The third-order valence-corrected chi connectivity index (χ3v) is 3.82. The number of hydrogen-bond acceptors (Lipinski definition) is 3. The molecule has 4 nitrogen and oxygen atoms in total. The molecule has 1 heterocycles. The highest BCUT2D eigenvalue weighted by atomic mass is 16.2. The quantitative estimate of drug-likeness (QED) is 0.555. The van der Waals surface area contributed by atoms with Crippen LogP contribution in [0.3, 0.4) is 0 Å². The zero-order valence-electron chi connectivity index (χ0n) is 11.4. The van der Waals surface area contributed by atoms with Gasteiger partial charge in [0.15, 0.2) is 0 Å². The number of nitrogens with one attached hydrogen (secondary N) is 1. The summed E-state index contributed by atoms with van der Waals surface area (Å²) in [7, 11) is 0. The van der Waals surface area contributed by atoms with Gasteiger partial charge in [-0.25, -0.2) is 0 Å². The summed E-state index contributed by atoms with van der Waals surface area (Å²) in [5.41, 5.74) is 0. The zero-order chi connectivity index (χ0) is 13.1. The van der Waals surface area contributed by atoms with E-state index in [0.29, 0.717) is 12.5 Å². The van der Waals surface area contributed by atoms with Gasteiger partial charge in [0, 0.05) is 12.1 Å². The summed E-state index contributed by atoms with van der Waals surface area (Å²) >= 11 is 0. The van der Waals surface area contributed by atoms with Crippen LogP contribution in [0.15, 0.2) is 0 Å². The van der Waals surface area contributed by atoms with Crippen LogP contribution in [-0.2, 0) is 9.59 Å². The molecular weight excluding hydrogens is 228 g/mol. The molecule has 2 rings (SSSR count). The van der Waals surface area contributed by atoms with Crippen molar-refractivity contribution < 1.29 is 9.59 Å². The van der Waals surface area contributed by atoms with Crippen molar-refractivity contribution in [2.45, 2.75) is 76.9 Å². The molecule has 1 saturated carbocycles. The van der Waals surface area contributed by atoms with Crippen molar-refractivity contribution in [2.75, 3.05) is 0 Å². The summed E-state index contributed by atoms with van der Waals surface area (Å²) < 4.78 is 0. The molecule has 1 N–H and O–H groups in total. The Morgan fingerprint density at radius 3 is 2.67 bits per heavy atom. The van der Waals surface area contributed by atoms with Gasteiger partial charge >= 0.3 is 0 Å². The summed E-state index contributed by atoms with van der Waals surface area (Å²) in [5, 5.41) is 3.32. The van der Waals surface area contributed by atoms with Crippen LogP contribution in [-0.4, -0.2) is 34.8 Å². The molecule has 2 unspecified atom stereocenters. The normalized spacial score (nSPS) is 25.9. The molecule has 0 aromatic carbocycles. The average molecular weight is 252 g/mol. The first-order valence-corrected chi connectivity index (χ1v) is 7.25. The highest BCUT2D eigenvalue weighted by molar-refractivity contribution is 6.06. The van der Waals surface area contributed by atoms with Crippen LogP contribution in [0.5, 0.6) is 0 Å². The fourth-order valence-corrected chi connectivity index (χ4v) is 2.62. The van der Waals surface area contributed by atoms with Crippen LogP contribution in [0.2, 0.25) is 0 Å². The van der Waals surface area contributed by atoms with Gasteiger partial charge in [-0.1, -0.05) is 26.2 Å². The molecule has 1 aliphatic carbocycles. The third kappa shape index (κ3) is 3.10. The van der Waals surface area contributed by atoms with Crippen LogP contribution < -0.4 is 5.32 Å². The molecule has 4 heteroatoms. The Balaban J connectivity index is 1.79. The lowest BCUT2D eigenvalue weighted by atomic mass is 10.1. The second-order valence-electron chi connectivity index (χ2n) is 5.65. The summed E-state index contributed by atoms with van der Waals surface area (Å²) in [6, 6.07) is 0.263. The minimum atomic E-state index is -0.269. The minimum Gasteiger partial charge on any atom is -0.303 e. The molecular formula is C14H24N2O2. The summed E-state index contributed by atoms with van der Waals surface area (Å²) in [6.45, 7) is 4.29. The van der Waals surface area contributed by atoms with E-state index in [9.17, 15) is 9.59 Å². The van der Waals surface area contributed by atoms with E-state index in [-0.39, 0.29) is 23.9 Å². The van der Waals surface area contributed by atoms with E-state index in [1.54, 1.807) is 0 Å². The maximum atomic E-state index is 12.1. The topological polar surface area (TPSA) is 49.4 Å². The molecule has 1 saturated heterocycles. The van der Waals surface area contributed by atoms with Crippen LogP contribution in [0, 0.1) is 0 Å². The van der Waals surface area contributed by atoms with E-state index >= 15 is 0 Å². The molecule has 0 aromatic heterocycles. The molecule has 0 radical (unpaired) electrons. The standard InChI is InChI=1S/C14H24N2O2/c1-3-4-5-6-10(2)15-12-9-13(17)16(14(12)18)11-7-8-11/h10-12,15H,3-9H2,1-2H3. The fraction of sp³-hybridized carbons (Fsp3) is 0.857. The monoisotopic (exact) mass is 252 g/mol. The number of hydrogen-bond donors (Lipinski definition) is 1. The molecule has 2 atom stereocenters. The van der Waals surface area contributed by atoms with Crippen LogP contribution in [0.25, 0.3) is 0 Å². The van der Waals surface area contributed by atoms with Crippen molar-refractivity contribution in [3.8, 4) is 0 Å². The first-order chi connectivity index (χ1) is 8.63. The van der Waals surface area contributed by atoms with Crippen molar-refractivity contribution >= 4 is 11.8 Å². The van der Waals surface area contributed by atoms with Crippen LogP contribution >= 0.6 is 0 Å². The summed E-state index contributed by atoms with van der Waals surface area (Å²) in [5.74, 6) is 0.0191. The number of carbonyl (C=O) groups is 2. The number of nitrogens with zero attached hydrogens (tertiary/aromatic N) is 1. The summed E-state index contributed by atoms with van der Waals surface area (Å²) in [4.78, 5) is 25.4. The predicted molar refractivity (Wildman–Crippen MR) is 70.0 cm³/mol. The Morgan fingerprint density at radius 2 is 2.06 bits per heavy atom. The first kappa shape index (κ1) is 13.5. The number of carbonyl (C=O) groups excluding carboxylic acids is 2. The van der Waals surface area contributed by atoms with Gasteiger partial charge in [-0.2, -0.15) is 0 Å². The number of amides is 2. The molecule has 2 amide bonds. The van der Waals surface area contributed by atoms with Gasteiger partial charge in [0.1, 0.15) is 0 Å². The molecule has 1 aliphatic heterocycles. The van der Waals surface area contributed by atoms with E-state index in [2.05, 4.69) is 19.2 Å². The maximum absolute atomic E-state index is 12.1. The lowest BCUT2D eigenvalue weighted by Gasteiger charge is -2.18. The SMILES string of the molecule is CCCCCC(C)NC1CC(=O)N(C2CC2)C1=O. The molecule has 0 aromatic rings. The van der Waals surface area contributed by atoms with Crippen molar-refractivity contribution in [2.24, 2.45) is 0 Å². The Morgan fingerprint density at radius 1 is 1.33 bits per heavy atom. The second kappa shape index (κ2) is 5.83. The summed E-state index contributed by atoms with van der Waals surface area (Å²) in [6.07, 6.45) is 7.06. The Bertz CT molecular complexity index is 326. The van der Waals surface area contributed by atoms with Gasteiger partial charge in [-0.3, -0.25) is 14.5 Å². The van der Waals surface area contributed by atoms with E-state index in [4.69, 9.17) is 0 Å². The van der Waals surface area contributed by atoms with Gasteiger partial charge in [0.25, 0.3) is 0 Å². The Kier molecular flexibility index (Phi) is 4.38. The van der Waals surface area contributed by atoms with Gasteiger partial charge in [0.05, 0.1) is 12.5 Å². The molecule has 2 aliphatic rings. The number of likely N-dealkylation sites (tertiary alicyclic amines) is 1. The van der Waals surface area contributed by atoms with Gasteiger partial charge in [0.2, 0.25) is 11.8 Å². The molecule has 0 bridgehead atoms. The largest absolute Gasteiger partial charge is 0.303 e. The van der Waals surface area contributed by atoms with Crippen molar-refractivity contribution in [3.63, 3.8) is 0 Å². The number of rotatable bonds is 7. The fourth-order valence-electron chi connectivity index (χ4n) is 2.62. The molecule has 102 valence electrons. The second-order valence-corrected chi connectivity index (χ2v) is 5.65. The highest BCUT2D eigenvalue weighted by Gasteiger charge is 2.46. The minimum absolute atomic E-state index is 0.00448. The molecule has 18 heavy (non-hydrogen) atoms. The van der Waals surface area contributed by atoms with Crippen LogP contribution in [0.1, 0.15) is 58.8 Å². The van der Waals surface area contributed by atoms with Crippen molar-refractivity contribution in [3.05, 3.63) is 0 Å². The Labute approximate surface area is 109 Å². The predicted octanol–water partition coefficient (Wildman–Crippen LogP) is 1.83. The van der Waals surface area contributed by atoms with Crippen LogP contribution in [0.4, 0.5) is 0 Å². The number of unbranched alkanes of at least 4 members (excludes halogenated alkanes) is 2. The number of imide groups is 1. The van der Waals surface area contributed by atoms with Gasteiger partial charge in [-0.05, 0) is 26.2 Å². The lowest BCUT2D eigenvalue weighted by Crippen LogP contribution is -2.43. The van der Waals surface area contributed by atoms with Crippen molar-refractivity contribution in [1.29, 1.82) is 0 Å². The molecule has 2 fully saturated rings. The zero-order valence-corrected chi connectivity index (χ0v) is 11.4. The first-order valence-electron chi connectivity index (χ1n) is 7.25. The Hall–Kier alpha value is -0.900. The molecule has 0 spiro atoms. The smallest absolute Gasteiger partial charge is 0.247 e. The van der Waals surface area contributed by atoms with E-state index < -0.39 is 0 Å². The lowest BCUT2D eigenvalue weighted by molar-refractivity contribution is -0.139. The van der Waals surface area contributed by atoms with Crippen molar-refractivity contribution in [1.82, 2.24) is 10.2 Å². The highest BCUT2D eigenvalue weighted by Crippen LogP contribution is 2.31. The third-order valence-electron chi connectivity index (χ3n) is 3.82. The maximum Gasteiger partial charge on any atom is 0.247 e. The van der Waals surface area contributed by atoms with Gasteiger partial charge in [-0.15, -0.1) is 0 Å². The van der Waals surface area contributed by atoms with E-state index in [1.165, 1.54) is 24.2 Å². The van der Waals surface area contributed by atoms with E-state index in [0.717, 1.165) is 19.3 Å². The van der Waals surface area contributed by atoms with Gasteiger partial charge < -0.3 is 5.32 Å². The average Bonchev–Trinajstić information content (AvgIpc) is 3.09. The van der Waals surface area contributed by atoms with E-state index in [1.807, 2.05) is 0 Å².